The van der Waals surface area contributed by atoms with Gasteiger partial charge in [0.15, 0.2) is 0 Å². The summed E-state index contributed by atoms with van der Waals surface area (Å²) in [5.74, 6) is 2.04. The third kappa shape index (κ3) is 1.84. The number of hydrogen-bond donors (Lipinski definition) is 0. The highest BCUT2D eigenvalue weighted by atomic mass is 16.5. The number of likely N-dealkylation sites (N-methyl/N-ethyl adjacent to an activating group) is 1. The first-order chi connectivity index (χ1) is 10.1. The molecule has 0 saturated carbocycles. The summed E-state index contributed by atoms with van der Waals surface area (Å²) in [4.78, 5) is 2.44. The van der Waals surface area contributed by atoms with Gasteiger partial charge in [0.2, 0.25) is 6.71 Å². The number of ether oxygens (including phenoxy) is 1. The van der Waals surface area contributed by atoms with Crippen LogP contribution in [-0.2, 0) is 5.31 Å². The lowest BCUT2D eigenvalue weighted by molar-refractivity contribution is 0.376. The zero-order valence-electron chi connectivity index (χ0n) is 12.9. The summed E-state index contributed by atoms with van der Waals surface area (Å²) in [7, 11) is 2.22. The molecule has 106 valence electrons. The molecule has 0 unspecified atom stereocenters. The lowest BCUT2D eigenvalue weighted by atomic mass is 9.31. The van der Waals surface area contributed by atoms with Gasteiger partial charge in [0.05, 0.1) is 0 Å². The smallest absolute Gasteiger partial charge is 0.207 e. The van der Waals surface area contributed by atoms with E-state index in [1.807, 2.05) is 0 Å². The molecular weight excluding hydrogens is 257 g/mol. The van der Waals surface area contributed by atoms with Gasteiger partial charge in [-0.25, -0.2) is 0 Å². The number of nitrogens with zero attached hydrogens (tertiary/aromatic N) is 1. The molecule has 0 bridgehead atoms. The van der Waals surface area contributed by atoms with Gasteiger partial charge in [-0.2, -0.15) is 0 Å². The van der Waals surface area contributed by atoms with Crippen LogP contribution in [0.4, 0.5) is 0 Å². The van der Waals surface area contributed by atoms with Crippen molar-refractivity contribution in [1.82, 2.24) is 4.90 Å². The summed E-state index contributed by atoms with van der Waals surface area (Å²) in [6, 6.07) is 15.1. The van der Waals surface area contributed by atoms with E-state index in [-0.39, 0.29) is 5.31 Å². The summed E-state index contributed by atoms with van der Waals surface area (Å²) in [5.41, 5.74) is 4.01. The van der Waals surface area contributed by atoms with E-state index in [1.54, 1.807) is 0 Å². The fourth-order valence-corrected chi connectivity index (χ4v) is 4.14. The first-order valence-electron chi connectivity index (χ1n) is 7.64. The molecule has 2 aromatic carbocycles. The van der Waals surface area contributed by atoms with Crippen LogP contribution < -0.4 is 10.2 Å². The van der Waals surface area contributed by atoms with Gasteiger partial charge in [-0.05, 0) is 48.9 Å². The Balaban J connectivity index is 2.00. The monoisotopic (exact) mass is 277 g/mol. The molecule has 0 N–H and O–H groups in total. The lowest BCUT2D eigenvalue weighted by Crippen LogP contribution is -2.48. The first kappa shape index (κ1) is 13.0. The molecule has 21 heavy (non-hydrogen) atoms. The quantitative estimate of drug-likeness (QED) is 0.687. The third-order valence-electron chi connectivity index (χ3n) is 5.12. The van der Waals surface area contributed by atoms with Gasteiger partial charge in [-0.1, -0.05) is 42.8 Å². The van der Waals surface area contributed by atoms with Crippen LogP contribution in [0, 0.1) is 6.92 Å². The van der Waals surface area contributed by atoms with Crippen LogP contribution >= 0.6 is 0 Å². The molecule has 1 atom stereocenters. The Bertz CT molecular complexity index is 714. The van der Waals surface area contributed by atoms with Crippen LogP contribution in [0.1, 0.15) is 18.1 Å². The van der Waals surface area contributed by atoms with E-state index in [0.717, 1.165) is 24.5 Å². The van der Waals surface area contributed by atoms with Crippen molar-refractivity contribution in [2.75, 3.05) is 20.0 Å². The number of hydrogen-bond acceptors (Lipinski definition) is 2. The van der Waals surface area contributed by atoms with Crippen molar-refractivity contribution < 1.29 is 4.74 Å². The van der Waals surface area contributed by atoms with Crippen molar-refractivity contribution in [2.24, 2.45) is 0 Å². The van der Waals surface area contributed by atoms with Crippen LogP contribution in [-0.4, -0.2) is 31.6 Å². The highest BCUT2D eigenvalue weighted by molar-refractivity contribution is 6.77. The van der Waals surface area contributed by atoms with E-state index in [0.29, 0.717) is 6.71 Å². The van der Waals surface area contributed by atoms with Crippen molar-refractivity contribution >= 4 is 12.2 Å². The minimum Gasteiger partial charge on any atom is -0.458 e. The van der Waals surface area contributed by atoms with Gasteiger partial charge < -0.3 is 9.64 Å². The molecule has 0 aromatic heterocycles. The SMILES string of the molecule is Cc1ccc2c(c1)B1CN(C)C[C@@]1(C)c1ccccc1O2. The highest BCUT2D eigenvalue weighted by Crippen LogP contribution is 2.42. The van der Waals surface area contributed by atoms with E-state index in [1.165, 1.54) is 16.6 Å². The Morgan fingerprint density at radius 1 is 1.14 bits per heavy atom. The summed E-state index contributed by atoms with van der Waals surface area (Å²) in [6.07, 6.45) is 1.09. The second-order valence-corrected chi connectivity index (χ2v) is 6.81. The van der Waals surface area contributed by atoms with Crippen molar-refractivity contribution in [3.63, 3.8) is 0 Å². The number of para-hydroxylation sites is 1. The van der Waals surface area contributed by atoms with Crippen molar-refractivity contribution in [3.05, 3.63) is 53.6 Å². The van der Waals surface area contributed by atoms with Gasteiger partial charge in [0, 0.05) is 6.54 Å². The fourth-order valence-electron chi connectivity index (χ4n) is 4.14. The Kier molecular flexibility index (Phi) is 2.70. The molecule has 2 heterocycles. The topological polar surface area (TPSA) is 12.5 Å². The summed E-state index contributed by atoms with van der Waals surface area (Å²) in [6.45, 7) is 6.11. The molecule has 0 radical (unpaired) electrons. The number of rotatable bonds is 0. The van der Waals surface area contributed by atoms with Crippen LogP contribution in [0.3, 0.4) is 0 Å². The maximum absolute atomic E-state index is 6.28. The van der Waals surface area contributed by atoms with E-state index < -0.39 is 0 Å². The van der Waals surface area contributed by atoms with Gasteiger partial charge in [0.25, 0.3) is 0 Å². The number of benzene rings is 2. The lowest BCUT2D eigenvalue weighted by Gasteiger charge is -2.28. The molecule has 0 aliphatic carbocycles. The maximum atomic E-state index is 6.28. The van der Waals surface area contributed by atoms with Crippen LogP contribution in [0.25, 0.3) is 0 Å². The maximum Gasteiger partial charge on any atom is 0.207 e. The van der Waals surface area contributed by atoms with E-state index in [2.05, 4.69) is 68.3 Å². The molecule has 2 aliphatic heterocycles. The molecule has 1 fully saturated rings. The second kappa shape index (κ2) is 4.38. The molecule has 2 aliphatic rings. The van der Waals surface area contributed by atoms with Gasteiger partial charge in [0.1, 0.15) is 11.5 Å². The molecular formula is C18H20BNO. The Morgan fingerprint density at radius 2 is 1.95 bits per heavy atom. The van der Waals surface area contributed by atoms with Crippen molar-refractivity contribution in [3.8, 4) is 11.5 Å². The number of fused-ring (bicyclic) bond motifs is 5. The first-order valence-corrected chi connectivity index (χ1v) is 7.64. The molecule has 0 spiro atoms. The fraction of sp³-hybridized carbons (Fsp3) is 0.333. The zero-order chi connectivity index (χ0) is 14.6. The molecule has 2 aromatic rings. The largest absolute Gasteiger partial charge is 0.458 e. The van der Waals surface area contributed by atoms with E-state index in [9.17, 15) is 0 Å². The molecule has 4 rings (SSSR count). The van der Waals surface area contributed by atoms with Gasteiger partial charge in [-0.3, -0.25) is 0 Å². The van der Waals surface area contributed by atoms with Crippen LogP contribution in [0.2, 0.25) is 0 Å². The third-order valence-corrected chi connectivity index (χ3v) is 5.12. The normalized spacial score (nSPS) is 23.9. The summed E-state index contributed by atoms with van der Waals surface area (Å²) in [5, 5.41) is 0.115. The molecule has 1 saturated heterocycles. The van der Waals surface area contributed by atoms with Crippen molar-refractivity contribution in [1.29, 1.82) is 0 Å². The second-order valence-electron chi connectivity index (χ2n) is 6.81. The van der Waals surface area contributed by atoms with E-state index in [4.69, 9.17) is 4.74 Å². The number of aryl methyl sites for hydroxylation is 1. The summed E-state index contributed by atoms with van der Waals surface area (Å²) < 4.78 is 6.28. The minimum absolute atomic E-state index is 0.115. The van der Waals surface area contributed by atoms with Crippen LogP contribution in [0.5, 0.6) is 11.5 Å². The van der Waals surface area contributed by atoms with Gasteiger partial charge in [-0.15, -0.1) is 0 Å². The molecule has 0 amide bonds. The average molecular weight is 277 g/mol. The van der Waals surface area contributed by atoms with E-state index >= 15 is 0 Å². The van der Waals surface area contributed by atoms with Crippen LogP contribution in [0.15, 0.2) is 42.5 Å². The highest BCUT2D eigenvalue weighted by Gasteiger charge is 2.50. The Labute approximate surface area is 126 Å². The predicted octanol–water partition coefficient (Wildman–Crippen LogP) is 2.78. The standard InChI is InChI=1S/C18H20BNO/c1-13-8-9-17-15(10-13)19-12-20(3)11-18(19,2)14-6-4-5-7-16(14)21-17/h4-10H,11-12H2,1-3H3/t18-/m0/s1. The molecule has 2 nitrogen and oxygen atoms in total. The van der Waals surface area contributed by atoms with Crippen molar-refractivity contribution in [2.45, 2.75) is 19.2 Å². The predicted molar refractivity (Wildman–Crippen MR) is 87.9 cm³/mol. The minimum atomic E-state index is 0.115. The average Bonchev–Trinajstić information content (AvgIpc) is 2.73. The molecule has 3 heteroatoms. The Hall–Kier alpha value is -1.74. The summed E-state index contributed by atoms with van der Waals surface area (Å²) >= 11 is 0. The Morgan fingerprint density at radius 3 is 2.81 bits per heavy atom. The van der Waals surface area contributed by atoms with Gasteiger partial charge >= 0.3 is 0 Å². The zero-order valence-corrected chi connectivity index (χ0v) is 12.9.